The van der Waals surface area contributed by atoms with E-state index < -0.39 is 0 Å². The molecule has 2 fully saturated rings. The van der Waals surface area contributed by atoms with Crippen LogP contribution in [0.3, 0.4) is 0 Å². The number of β-amino-alcohol motifs (C(OH)–C–C–N with tert-alkyl or cyclic N) is 1. The molecule has 3 rings (SSSR count). The SMILES string of the molecule is CCOCCn1nc(C)cc1C(=O)N1CCC(N2CCCC(O)C2)CC1. The molecule has 3 heterocycles. The van der Waals surface area contributed by atoms with Crippen LogP contribution in [-0.4, -0.2) is 82.1 Å². The van der Waals surface area contributed by atoms with Crippen LogP contribution in [0.15, 0.2) is 6.07 Å². The maximum Gasteiger partial charge on any atom is 0.272 e. The molecule has 2 aliphatic heterocycles. The lowest BCUT2D eigenvalue weighted by molar-refractivity contribution is 0.0237. The third-order valence-corrected chi connectivity index (χ3v) is 5.47. The minimum Gasteiger partial charge on any atom is -0.392 e. The molecule has 2 aliphatic rings. The van der Waals surface area contributed by atoms with Crippen molar-refractivity contribution >= 4 is 5.91 Å². The molecule has 0 aromatic carbocycles. The van der Waals surface area contributed by atoms with Crippen LogP contribution < -0.4 is 0 Å². The van der Waals surface area contributed by atoms with Crippen LogP contribution in [0.5, 0.6) is 0 Å². The van der Waals surface area contributed by atoms with Gasteiger partial charge in [-0.2, -0.15) is 5.10 Å². The number of ether oxygens (including phenoxy) is 1. The van der Waals surface area contributed by atoms with E-state index in [1.54, 1.807) is 4.68 Å². The second-order valence-corrected chi connectivity index (χ2v) is 7.41. The number of likely N-dealkylation sites (tertiary alicyclic amines) is 2. The number of carbonyl (C=O) groups is 1. The highest BCUT2D eigenvalue weighted by atomic mass is 16.5. The van der Waals surface area contributed by atoms with Gasteiger partial charge in [0.2, 0.25) is 0 Å². The molecule has 0 saturated carbocycles. The van der Waals surface area contributed by atoms with Crippen molar-refractivity contribution in [3.8, 4) is 0 Å². The van der Waals surface area contributed by atoms with E-state index in [1.165, 1.54) is 0 Å². The summed E-state index contributed by atoms with van der Waals surface area (Å²) in [6.07, 6.45) is 3.75. The summed E-state index contributed by atoms with van der Waals surface area (Å²) in [7, 11) is 0. The van der Waals surface area contributed by atoms with Crippen molar-refractivity contribution < 1.29 is 14.6 Å². The summed E-state index contributed by atoms with van der Waals surface area (Å²) in [5.74, 6) is 0.0687. The Hall–Kier alpha value is -1.44. The zero-order valence-corrected chi connectivity index (χ0v) is 16.1. The number of aryl methyl sites for hydroxylation is 1. The van der Waals surface area contributed by atoms with Crippen LogP contribution in [0.25, 0.3) is 0 Å². The van der Waals surface area contributed by atoms with Crippen LogP contribution in [0.1, 0.15) is 48.8 Å². The number of hydrogen-bond acceptors (Lipinski definition) is 5. The number of carbonyl (C=O) groups excluding carboxylic acids is 1. The number of nitrogens with zero attached hydrogens (tertiary/aromatic N) is 4. The molecule has 146 valence electrons. The van der Waals surface area contributed by atoms with E-state index in [0.717, 1.165) is 57.6 Å². The molecular formula is C19H32N4O3. The van der Waals surface area contributed by atoms with Crippen LogP contribution in [0.4, 0.5) is 0 Å². The first-order valence-electron chi connectivity index (χ1n) is 9.92. The van der Waals surface area contributed by atoms with Crippen LogP contribution in [0, 0.1) is 6.92 Å². The molecule has 1 N–H and O–H groups in total. The van der Waals surface area contributed by atoms with Gasteiger partial charge in [0.15, 0.2) is 0 Å². The summed E-state index contributed by atoms with van der Waals surface area (Å²) in [6, 6.07) is 2.36. The number of aromatic nitrogens is 2. The second-order valence-electron chi connectivity index (χ2n) is 7.41. The lowest BCUT2D eigenvalue weighted by Gasteiger charge is -2.41. The fourth-order valence-electron chi connectivity index (χ4n) is 4.09. The molecule has 1 aromatic rings. The maximum atomic E-state index is 13.0. The number of aliphatic hydroxyl groups excluding tert-OH is 1. The van der Waals surface area contributed by atoms with Crippen molar-refractivity contribution in [3.63, 3.8) is 0 Å². The highest BCUT2D eigenvalue weighted by Gasteiger charge is 2.30. The Kier molecular flexibility index (Phi) is 6.67. The lowest BCUT2D eigenvalue weighted by atomic mass is 9.99. The van der Waals surface area contributed by atoms with Crippen LogP contribution in [0.2, 0.25) is 0 Å². The molecule has 1 atom stereocenters. The molecule has 1 aromatic heterocycles. The molecule has 0 bridgehead atoms. The summed E-state index contributed by atoms with van der Waals surface area (Å²) in [4.78, 5) is 17.3. The average molecular weight is 364 g/mol. The van der Waals surface area contributed by atoms with Crippen molar-refractivity contribution in [1.82, 2.24) is 19.6 Å². The van der Waals surface area contributed by atoms with Crippen molar-refractivity contribution in [2.45, 2.75) is 58.2 Å². The molecular weight excluding hydrogens is 332 g/mol. The van der Waals surface area contributed by atoms with Gasteiger partial charge in [-0.15, -0.1) is 0 Å². The fraction of sp³-hybridized carbons (Fsp3) is 0.789. The predicted octanol–water partition coefficient (Wildman–Crippen LogP) is 1.29. The predicted molar refractivity (Wildman–Crippen MR) is 99.2 cm³/mol. The van der Waals surface area contributed by atoms with Gasteiger partial charge in [-0.05, 0) is 52.1 Å². The van der Waals surface area contributed by atoms with Gasteiger partial charge in [-0.1, -0.05) is 0 Å². The molecule has 7 nitrogen and oxygen atoms in total. The van der Waals surface area contributed by atoms with Gasteiger partial charge < -0.3 is 14.7 Å². The van der Waals surface area contributed by atoms with Crippen molar-refractivity contribution in [3.05, 3.63) is 17.5 Å². The van der Waals surface area contributed by atoms with E-state index in [4.69, 9.17) is 4.74 Å². The van der Waals surface area contributed by atoms with Gasteiger partial charge in [0.1, 0.15) is 5.69 Å². The topological polar surface area (TPSA) is 70.8 Å². The van der Waals surface area contributed by atoms with E-state index in [2.05, 4.69) is 10.00 Å². The van der Waals surface area contributed by atoms with Crippen molar-refractivity contribution in [1.29, 1.82) is 0 Å². The summed E-state index contributed by atoms with van der Waals surface area (Å²) in [5, 5.41) is 14.3. The normalized spacial score (nSPS) is 22.7. The van der Waals surface area contributed by atoms with E-state index in [-0.39, 0.29) is 12.0 Å². The smallest absolute Gasteiger partial charge is 0.272 e. The van der Waals surface area contributed by atoms with Gasteiger partial charge in [0.05, 0.1) is 24.9 Å². The van der Waals surface area contributed by atoms with Crippen LogP contribution >= 0.6 is 0 Å². The zero-order valence-electron chi connectivity index (χ0n) is 16.1. The first-order chi connectivity index (χ1) is 12.6. The summed E-state index contributed by atoms with van der Waals surface area (Å²) < 4.78 is 7.18. The van der Waals surface area contributed by atoms with Crippen molar-refractivity contribution in [2.24, 2.45) is 0 Å². The summed E-state index contributed by atoms with van der Waals surface area (Å²) >= 11 is 0. The molecule has 1 amide bonds. The van der Waals surface area contributed by atoms with Gasteiger partial charge in [0, 0.05) is 32.3 Å². The van der Waals surface area contributed by atoms with Crippen molar-refractivity contribution in [2.75, 3.05) is 39.4 Å². The molecule has 0 spiro atoms. The van der Waals surface area contributed by atoms with Gasteiger partial charge >= 0.3 is 0 Å². The third-order valence-electron chi connectivity index (χ3n) is 5.47. The fourth-order valence-corrected chi connectivity index (χ4v) is 4.09. The molecule has 0 radical (unpaired) electrons. The lowest BCUT2D eigenvalue weighted by Crippen LogP contribution is -2.50. The van der Waals surface area contributed by atoms with Gasteiger partial charge in [-0.3, -0.25) is 14.4 Å². The number of amides is 1. The highest BCUT2D eigenvalue weighted by Crippen LogP contribution is 2.22. The first-order valence-corrected chi connectivity index (χ1v) is 9.92. The molecule has 0 aliphatic carbocycles. The van der Waals surface area contributed by atoms with E-state index >= 15 is 0 Å². The standard InChI is InChI=1S/C19H32N4O3/c1-3-26-12-11-23-18(13-15(2)20-23)19(25)21-9-6-16(7-10-21)22-8-4-5-17(24)14-22/h13,16-17,24H,3-12,14H2,1-2H3. The first kappa shape index (κ1) is 19.3. The summed E-state index contributed by atoms with van der Waals surface area (Å²) in [5.41, 5.74) is 1.52. The van der Waals surface area contributed by atoms with Crippen LogP contribution in [-0.2, 0) is 11.3 Å². The Balaban J connectivity index is 1.56. The number of piperidine rings is 2. The Morgan fingerprint density at radius 1 is 1.31 bits per heavy atom. The summed E-state index contributed by atoms with van der Waals surface area (Å²) in [6.45, 7) is 9.11. The average Bonchev–Trinajstić information content (AvgIpc) is 3.02. The van der Waals surface area contributed by atoms with E-state index in [9.17, 15) is 9.90 Å². The third kappa shape index (κ3) is 4.64. The van der Waals surface area contributed by atoms with E-state index in [1.807, 2.05) is 24.8 Å². The largest absolute Gasteiger partial charge is 0.392 e. The maximum absolute atomic E-state index is 13.0. The van der Waals surface area contributed by atoms with Gasteiger partial charge in [-0.25, -0.2) is 0 Å². The number of hydrogen-bond donors (Lipinski definition) is 1. The molecule has 7 heteroatoms. The quantitative estimate of drug-likeness (QED) is 0.770. The number of rotatable bonds is 6. The Bertz CT molecular complexity index is 596. The Morgan fingerprint density at radius 3 is 2.77 bits per heavy atom. The Labute approximate surface area is 155 Å². The minimum atomic E-state index is -0.189. The molecule has 2 saturated heterocycles. The van der Waals surface area contributed by atoms with Gasteiger partial charge in [0.25, 0.3) is 5.91 Å². The monoisotopic (exact) mass is 364 g/mol. The minimum absolute atomic E-state index is 0.0687. The van der Waals surface area contributed by atoms with E-state index in [0.29, 0.717) is 31.5 Å². The Morgan fingerprint density at radius 2 is 2.08 bits per heavy atom. The second kappa shape index (κ2) is 8.97. The highest BCUT2D eigenvalue weighted by molar-refractivity contribution is 5.92. The molecule has 1 unspecified atom stereocenters. The number of aliphatic hydroxyl groups is 1. The zero-order chi connectivity index (χ0) is 18.5. The molecule has 26 heavy (non-hydrogen) atoms.